The van der Waals surface area contributed by atoms with E-state index in [1.807, 2.05) is 23.6 Å². The Hall–Kier alpha value is -4.02. The Balaban J connectivity index is 1.36. The van der Waals surface area contributed by atoms with Crippen LogP contribution < -0.4 is 9.64 Å². The minimum Gasteiger partial charge on any atom is -0.508 e. The van der Waals surface area contributed by atoms with Crippen LogP contribution in [0.5, 0.6) is 11.5 Å². The number of methoxy groups -OCH3 is 1. The van der Waals surface area contributed by atoms with E-state index in [1.165, 1.54) is 41.5 Å². The highest BCUT2D eigenvalue weighted by atomic mass is 35.5. The molecule has 3 aromatic rings. The molecule has 0 spiro atoms. The molecular weight excluding hydrogens is 607 g/mol. The second-order valence-electron chi connectivity index (χ2n) is 12.0. The van der Waals surface area contributed by atoms with E-state index in [0.717, 1.165) is 21.4 Å². The summed E-state index contributed by atoms with van der Waals surface area (Å²) in [7, 11) is 1.47. The van der Waals surface area contributed by atoms with Gasteiger partial charge in [0.25, 0.3) is 0 Å². The van der Waals surface area contributed by atoms with Gasteiger partial charge in [0, 0.05) is 22.4 Å². The van der Waals surface area contributed by atoms with Gasteiger partial charge in [-0.15, -0.1) is 11.3 Å². The number of phenolic OH excluding ortho intramolecular Hbond substituents is 1. The molecule has 2 aliphatic carbocycles. The van der Waals surface area contributed by atoms with Gasteiger partial charge in [0.2, 0.25) is 23.6 Å². The fraction of sp³-hybridized carbons (Fsp3) is 0.333. The molecule has 0 radical (unpaired) electrons. The molecule has 0 bridgehead atoms. The van der Waals surface area contributed by atoms with Gasteiger partial charge in [0.15, 0.2) is 0 Å². The first-order chi connectivity index (χ1) is 21.1. The fourth-order valence-corrected chi connectivity index (χ4v) is 8.77. The number of benzene rings is 2. The number of allylic oxidation sites excluding steroid dienone is 2. The topological polar surface area (TPSA) is 104 Å². The van der Waals surface area contributed by atoms with Crippen molar-refractivity contribution in [3.05, 3.63) is 86.8 Å². The summed E-state index contributed by atoms with van der Waals surface area (Å²) in [5, 5.41) is 12.9. The number of carbonyl (C=O) groups is 4. The van der Waals surface area contributed by atoms with Crippen LogP contribution >= 0.6 is 22.9 Å². The second kappa shape index (κ2) is 10.3. The SMILES string of the molecule is COc1ccc(C2C3=CCC4C(=O)N(Cc5cccs5)C(=O)C4C3CC3C(=O)N(c4ccc(F)c(Cl)c4)C(=O)C32C)c(O)c1. The number of ether oxygens (including phenoxy) is 1. The van der Waals surface area contributed by atoms with Gasteiger partial charge in [-0.2, -0.15) is 0 Å². The standard InChI is InChI=1S/C33H28ClFN2O6S/c1-33-23(30(40)37(32(33)42)16-5-10-25(35)24(34)12-16)14-22-19(28(33)20-7-6-17(43-2)13-26(20)38)8-9-21-27(22)31(41)36(29(21)39)15-18-4-3-11-44-18/h3-8,10-13,21-23,27-28,38H,9,14-15H2,1-2H3. The number of thiophene rings is 1. The molecule has 3 heterocycles. The van der Waals surface area contributed by atoms with Gasteiger partial charge in [0.1, 0.15) is 17.3 Å². The lowest BCUT2D eigenvalue weighted by atomic mass is 9.51. The third-order valence-electron chi connectivity index (χ3n) is 9.97. The average molecular weight is 635 g/mol. The van der Waals surface area contributed by atoms with Crippen molar-refractivity contribution in [3.63, 3.8) is 0 Å². The summed E-state index contributed by atoms with van der Waals surface area (Å²) in [4.78, 5) is 59.5. The van der Waals surface area contributed by atoms with Crippen LogP contribution in [0.15, 0.2) is 65.6 Å². The number of carbonyl (C=O) groups excluding carboxylic acids is 4. The number of imide groups is 2. The van der Waals surface area contributed by atoms with E-state index >= 15 is 0 Å². The molecule has 4 aliphatic rings. The largest absolute Gasteiger partial charge is 0.508 e. The molecule has 7 rings (SSSR count). The predicted molar refractivity (Wildman–Crippen MR) is 161 cm³/mol. The number of phenols is 1. The predicted octanol–water partition coefficient (Wildman–Crippen LogP) is 5.69. The zero-order valence-electron chi connectivity index (χ0n) is 23.8. The van der Waals surface area contributed by atoms with Crippen molar-refractivity contribution < 1.29 is 33.4 Å². The number of fused-ring (bicyclic) bond motifs is 4. The van der Waals surface area contributed by atoms with Gasteiger partial charge in [0.05, 0.1) is 47.5 Å². The van der Waals surface area contributed by atoms with Gasteiger partial charge in [-0.3, -0.25) is 24.1 Å². The van der Waals surface area contributed by atoms with E-state index in [0.29, 0.717) is 17.7 Å². The molecule has 2 saturated heterocycles. The summed E-state index contributed by atoms with van der Waals surface area (Å²) in [5.74, 6) is -5.39. The van der Waals surface area contributed by atoms with Crippen LogP contribution in [0.4, 0.5) is 10.1 Å². The first-order valence-electron chi connectivity index (χ1n) is 14.3. The smallest absolute Gasteiger partial charge is 0.241 e. The molecule has 8 nitrogen and oxygen atoms in total. The van der Waals surface area contributed by atoms with Crippen LogP contribution in [0.3, 0.4) is 0 Å². The van der Waals surface area contributed by atoms with Crippen molar-refractivity contribution in [1.82, 2.24) is 4.90 Å². The first kappa shape index (κ1) is 28.7. The molecule has 1 aromatic heterocycles. The average Bonchev–Trinajstić information content (AvgIpc) is 3.66. The molecule has 4 amide bonds. The van der Waals surface area contributed by atoms with Crippen LogP contribution in [0.1, 0.15) is 36.1 Å². The Kier molecular flexibility index (Phi) is 6.71. The maximum atomic E-state index is 14.4. The lowest BCUT2D eigenvalue weighted by Gasteiger charge is -2.49. The summed E-state index contributed by atoms with van der Waals surface area (Å²) in [6.07, 6.45) is 2.39. The Morgan fingerprint density at radius 3 is 2.55 bits per heavy atom. The summed E-state index contributed by atoms with van der Waals surface area (Å²) in [5.41, 5.74) is -0.0461. The summed E-state index contributed by atoms with van der Waals surface area (Å²) in [6.45, 7) is 1.90. The van der Waals surface area contributed by atoms with Crippen molar-refractivity contribution in [2.75, 3.05) is 12.0 Å². The Morgan fingerprint density at radius 2 is 1.86 bits per heavy atom. The monoisotopic (exact) mass is 634 g/mol. The van der Waals surface area contributed by atoms with E-state index in [9.17, 15) is 28.7 Å². The Labute approximate surface area is 261 Å². The van der Waals surface area contributed by atoms with Crippen LogP contribution in [0.2, 0.25) is 5.02 Å². The number of likely N-dealkylation sites (tertiary alicyclic amines) is 1. The quantitative estimate of drug-likeness (QED) is 0.286. The summed E-state index contributed by atoms with van der Waals surface area (Å²) in [6, 6.07) is 12.2. The lowest BCUT2D eigenvalue weighted by molar-refractivity contribution is -0.141. The lowest BCUT2D eigenvalue weighted by Crippen LogP contribution is -2.48. The number of nitrogens with zero attached hydrogens (tertiary/aromatic N) is 2. The van der Waals surface area contributed by atoms with Crippen molar-refractivity contribution in [3.8, 4) is 11.5 Å². The minimum atomic E-state index is -1.36. The number of anilines is 1. The molecule has 11 heteroatoms. The zero-order valence-corrected chi connectivity index (χ0v) is 25.4. The zero-order chi connectivity index (χ0) is 31.1. The van der Waals surface area contributed by atoms with Crippen molar-refractivity contribution in [1.29, 1.82) is 0 Å². The third-order valence-corrected chi connectivity index (χ3v) is 11.1. The van der Waals surface area contributed by atoms with Crippen LogP contribution in [-0.2, 0) is 25.7 Å². The van der Waals surface area contributed by atoms with Gasteiger partial charge < -0.3 is 9.84 Å². The van der Waals surface area contributed by atoms with Crippen molar-refractivity contribution in [2.24, 2.45) is 29.1 Å². The highest BCUT2D eigenvalue weighted by Gasteiger charge is 2.67. The molecule has 3 fully saturated rings. The number of hydrogen-bond donors (Lipinski definition) is 1. The molecular formula is C33H28ClFN2O6S. The van der Waals surface area contributed by atoms with Gasteiger partial charge in [-0.1, -0.05) is 35.4 Å². The molecule has 226 valence electrons. The highest BCUT2D eigenvalue weighted by molar-refractivity contribution is 7.09. The van der Waals surface area contributed by atoms with Gasteiger partial charge in [-0.25, -0.2) is 9.29 Å². The van der Waals surface area contributed by atoms with Crippen molar-refractivity contribution in [2.45, 2.75) is 32.2 Å². The maximum Gasteiger partial charge on any atom is 0.241 e. The van der Waals surface area contributed by atoms with Crippen LogP contribution in [0, 0.1) is 34.9 Å². The number of aromatic hydroxyl groups is 1. The van der Waals surface area contributed by atoms with Crippen molar-refractivity contribution >= 4 is 52.3 Å². The second-order valence-corrected chi connectivity index (χ2v) is 13.5. The van der Waals surface area contributed by atoms with Crippen LogP contribution in [-0.4, -0.2) is 40.7 Å². The van der Waals surface area contributed by atoms with Crippen LogP contribution in [0.25, 0.3) is 0 Å². The first-order valence-corrected chi connectivity index (χ1v) is 15.6. The van der Waals surface area contributed by atoms with E-state index in [4.69, 9.17) is 16.3 Å². The maximum absolute atomic E-state index is 14.4. The Morgan fingerprint density at radius 1 is 1.07 bits per heavy atom. The number of rotatable bonds is 5. The summed E-state index contributed by atoms with van der Waals surface area (Å²) >= 11 is 7.52. The molecule has 6 atom stereocenters. The molecule has 2 aromatic carbocycles. The molecule has 6 unspecified atom stereocenters. The molecule has 1 N–H and O–H groups in total. The fourth-order valence-electron chi connectivity index (χ4n) is 7.90. The van der Waals surface area contributed by atoms with E-state index < -0.39 is 52.6 Å². The van der Waals surface area contributed by atoms with E-state index in [2.05, 4.69) is 0 Å². The third kappa shape index (κ3) is 4.00. The highest BCUT2D eigenvalue weighted by Crippen LogP contribution is 2.64. The number of amides is 4. The van der Waals surface area contributed by atoms with Gasteiger partial charge in [-0.05, 0) is 61.4 Å². The van der Waals surface area contributed by atoms with E-state index in [1.54, 1.807) is 19.1 Å². The molecule has 1 saturated carbocycles. The van der Waals surface area contributed by atoms with Gasteiger partial charge >= 0.3 is 0 Å². The summed E-state index contributed by atoms with van der Waals surface area (Å²) < 4.78 is 19.4. The number of halogens is 2. The minimum absolute atomic E-state index is 0.116. The molecule has 44 heavy (non-hydrogen) atoms. The Bertz CT molecular complexity index is 1780. The normalized spacial score (nSPS) is 29.5. The number of hydrogen-bond acceptors (Lipinski definition) is 7. The molecule has 2 aliphatic heterocycles. The van der Waals surface area contributed by atoms with E-state index in [-0.39, 0.29) is 41.2 Å².